The van der Waals surface area contributed by atoms with E-state index in [1.54, 1.807) is 37.3 Å². The zero-order chi connectivity index (χ0) is 33.2. The molecule has 11 nitrogen and oxygen atoms in total. The van der Waals surface area contributed by atoms with Crippen molar-refractivity contribution in [2.75, 3.05) is 41.0 Å². The summed E-state index contributed by atoms with van der Waals surface area (Å²) in [6.07, 6.45) is 4.41. The first-order valence-corrected chi connectivity index (χ1v) is 16.7. The normalized spacial score (nSPS) is 19.7. The maximum absolute atomic E-state index is 14.1. The van der Waals surface area contributed by atoms with Crippen molar-refractivity contribution in [2.24, 2.45) is 5.92 Å². The Bertz CT molecular complexity index is 1380. The van der Waals surface area contributed by atoms with Gasteiger partial charge in [0, 0.05) is 31.5 Å². The van der Waals surface area contributed by atoms with E-state index in [4.69, 9.17) is 18.9 Å². The molecule has 12 heteroatoms. The van der Waals surface area contributed by atoms with Crippen molar-refractivity contribution in [1.29, 1.82) is 0 Å². The van der Waals surface area contributed by atoms with Gasteiger partial charge < -0.3 is 44.5 Å². The summed E-state index contributed by atoms with van der Waals surface area (Å²) in [5.41, 5.74) is 1.82. The van der Waals surface area contributed by atoms with Crippen molar-refractivity contribution in [3.8, 4) is 23.0 Å². The average molecular weight is 753 g/mol. The van der Waals surface area contributed by atoms with Crippen LogP contribution in [-0.2, 0) is 22.6 Å². The summed E-state index contributed by atoms with van der Waals surface area (Å²) in [7, 11) is 4.66. The molecule has 0 saturated heterocycles. The summed E-state index contributed by atoms with van der Waals surface area (Å²) in [4.78, 5) is 29.1. The Hall–Kier alpha value is -3.07. The van der Waals surface area contributed by atoms with Gasteiger partial charge in [-0.3, -0.25) is 9.59 Å². The number of nitrogens with zero attached hydrogens (tertiary/aromatic N) is 1. The highest BCUT2D eigenvalue weighted by Crippen LogP contribution is 2.38. The lowest BCUT2D eigenvalue weighted by atomic mass is 9.87. The molecule has 1 saturated carbocycles. The monoisotopic (exact) mass is 752 g/mol. The number of aliphatic hydroxyl groups is 3. The van der Waals surface area contributed by atoms with Crippen molar-refractivity contribution >= 4 is 34.4 Å². The van der Waals surface area contributed by atoms with E-state index in [1.807, 2.05) is 18.2 Å². The van der Waals surface area contributed by atoms with E-state index in [1.165, 1.54) is 7.11 Å². The molecule has 0 bridgehead atoms. The SMILES string of the molecule is COc1ccc(OC)c(CCN(C(=O)CC2CCCC2)[C@@H]2CC(C(=O)NCCO)=C[C@H](Oc3c(I)cc(CO)cc3OC)[C@H]2O)c1. The Balaban J connectivity index is 1.71. The molecular formula is C34H45IN2O9. The van der Waals surface area contributed by atoms with Gasteiger partial charge in [-0.2, -0.15) is 0 Å². The van der Waals surface area contributed by atoms with Crippen LogP contribution < -0.4 is 24.3 Å². The number of carbonyl (C=O) groups excluding carboxylic acids is 2. The smallest absolute Gasteiger partial charge is 0.247 e. The third-order valence-electron chi connectivity index (χ3n) is 8.71. The maximum atomic E-state index is 14.1. The van der Waals surface area contributed by atoms with E-state index < -0.39 is 24.2 Å². The van der Waals surface area contributed by atoms with E-state index >= 15 is 0 Å². The van der Waals surface area contributed by atoms with Crippen LogP contribution in [-0.4, -0.2) is 91.3 Å². The highest BCUT2D eigenvalue weighted by molar-refractivity contribution is 14.1. The molecule has 1 fully saturated rings. The van der Waals surface area contributed by atoms with E-state index in [-0.39, 0.29) is 44.5 Å². The maximum Gasteiger partial charge on any atom is 0.247 e. The molecule has 2 aliphatic rings. The molecule has 2 amide bonds. The lowest BCUT2D eigenvalue weighted by Gasteiger charge is -2.41. The van der Waals surface area contributed by atoms with Crippen LogP contribution in [0.5, 0.6) is 23.0 Å². The number of nitrogens with one attached hydrogen (secondary N) is 1. The predicted molar refractivity (Wildman–Crippen MR) is 180 cm³/mol. The number of benzene rings is 2. The Kier molecular flexibility index (Phi) is 13.4. The van der Waals surface area contributed by atoms with Gasteiger partial charge in [-0.1, -0.05) is 12.8 Å². The molecule has 2 aliphatic carbocycles. The van der Waals surface area contributed by atoms with Gasteiger partial charge in [-0.25, -0.2) is 0 Å². The molecule has 0 unspecified atom stereocenters. The fourth-order valence-corrected chi connectivity index (χ4v) is 7.06. The molecule has 0 spiro atoms. The zero-order valence-corrected chi connectivity index (χ0v) is 28.8. The van der Waals surface area contributed by atoms with Gasteiger partial charge in [0.15, 0.2) is 11.5 Å². The van der Waals surface area contributed by atoms with Crippen molar-refractivity contribution in [1.82, 2.24) is 10.2 Å². The number of amides is 2. The minimum absolute atomic E-state index is 0.0588. The number of methoxy groups -OCH3 is 3. The first-order valence-electron chi connectivity index (χ1n) is 15.6. The molecule has 252 valence electrons. The number of hydrogen-bond acceptors (Lipinski definition) is 9. The second kappa shape index (κ2) is 17.2. The number of ether oxygens (including phenoxy) is 4. The Morgan fingerprint density at radius 2 is 1.76 bits per heavy atom. The molecule has 2 aromatic carbocycles. The van der Waals surface area contributed by atoms with Crippen LogP contribution in [0.3, 0.4) is 0 Å². The standard InChI is InChI=1S/C34H45IN2O9/c1-43-25-8-9-28(44-2)23(17-25)10-12-37(31(40)16-21-6-4-5-7-21)27-18-24(34(42)36-11-13-38)19-29(32(27)41)46-33-26(35)14-22(20-39)15-30(33)45-3/h8-9,14-15,17,19,21,27,29,32,38-39,41H,4-7,10-13,16,18,20H2,1-3H3,(H,36,42)/t27-,29+,32+/m1/s1. The first kappa shape index (κ1) is 35.8. The van der Waals surface area contributed by atoms with Gasteiger partial charge in [-0.05, 0) is 95.3 Å². The number of aliphatic hydroxyl groups excluding tert-OH is 3. The summed E-state index contributed by atoms with van der Waals surface area (Å²) in [6.45, 7) is -0.0949. The Morgan fingerprint density at radius 3 is 2.41 bits per heavy atom. The van der Waals surface area contributed by atoms with Crippen LogP contribution in [0, 0.1) is 9.49 Å². The second-order valence-corrected chi connectivity index (χ2v) is 12.8. The fourth-order valence-electron chi connectivity index (χ4n) is 6.27. The molecule has 4 rings (SSSR count). The van der Waals surface area contributed by atoms with Crippen molar-refractivity contribution < 1.29 is 43.9 Å². The molecule has 0 heterocycles. The zero-order valence-electron chi connectivity index (χ0n) is 26.7. The van der Waals surface area contributed by atoms with Crippen molar-refractivity contribution in [3.05, 3.63) is 56.7 Å². The summed E-state index contributed by atoms with van der Waals surface area (Å²) in [5, 5.41) is 33.6. The van der Waals surface area contributed by atoms with E-state index in [0.717, 1.165) is 31.2 Å². The third-order valence-corrected chi connectivity index (χ3v) is 9.51. The molecule has 0 aliphatic heterocycles. The van der Waals surface area contributed by atoms with Gasteiger partial charge in [0.05, 0.1) is 44.2 Å². The van der Waals surface area contributed by atoms with Gasteiger partial charge in [0.2, 0.25) is 11.8 Å². The number of hydrogen-bond donors (Lipinski definition) is 4. The number of halogens is 1. The first-order chi connectivity index (χ1) is 22.2. The lowest BCUT2D eigenvalue weighted by Crippen LogP contribution is -2.55. The van der Waals surface area contributed by atoms with Crippen LogP contribution in [0.15, 0.2) is 42.0 Å². The van der Waals surface area contributed by atoms with E-state index in [0.29, 0.717) is 50.5 Å². The summed E-state index contributed by atoms with van der Waals surface area (Å²) < 4.78 is 23.6. The van der Waals surface area contributed by atoms with Crippen LogP contribution in [0.4, 0.5) is 0 Å². The van der Waals surface area contributed by atoms with Crippen molar-refractivity contribution in [2.45, 2.75) is 69.8 Å². The highest BCUT2D eigenvalue weighted by Gasteiger charge is 2.41. The van der Waals surface area contributed by atoms with E-state index in [2.05, 4.69) is 27.9 Å². The van der Waals surface area contributed by atoms with Crippen LogP contribution >= 0.6 is 22.6 Å². The highest BCUT2D eigenvalue weighted by atomic mass is 127. The minimum Gasteiger partial charge on any atom is -0.497 e. The number of carbonyl (C=O) groups is 2. The molecule has 3 atom stereocenters. The van der Waals surface area contributed by atoms with Gasteiger partial charge in [0.25, 0.3) is 0 Å². The predicted octanol–water partition coefficient (Wildman–Crippen LogP) is 3.38. The summed E-state index contributed by atoms with van der Waals surface area (Å²) in [6, 6.07) is 8.13. The van der Waals surface area contributed by atoms with Gasteiger partial charge in [-0.15, -0.1) is 0 Å². The second-order valence-electron chi connectivity index (χ2n) is 11.7. The minimum atomic E-state index is -1.19. The average Bonchev–Trinajstić information content (AvgIpc) is 3.58. The molecular weight excluding hydrogens is 707 g/mol. The van der Waals surface area contributed by atoms with Gasteiger partial charge >= 0.3 is 0 Å². The number of rotatable bonds is 15. The molecule has 2 aromatic rings. The van der Waals surface area contributed by atoms with Crippen LogP contribution in [0.25, 0.3) is 0 Å². The molecule has 0 aromatic heterocycles. The topological polar surface area (TPSA) is 147 Å². The Labute approximate surface area is 284 Å². The molecule has 0 radical (unpaired) electrons. The fraction of sp³-hybridized carbons (Fsp3) is 0.529. The summed E-state index contributed by atoms with van der Waals surface area (Å²) in [5.74, 6) is 1.81. The van der Waals surface area contributed by atoms with Crippen LogP contribution in [0.2, 0.25) is 0 Å². The largest absolute Gasteiger partial charge is 0.497 e. The van der Waals surface area contributed by atoms with Gasteiger partial charge in [0.1, 0.15) is 23.7 Å². The Morgan fingerprint density at radius 1 is 1.02 bits per heavy atom. The molecule has 4 N–H and O–H groups in total. The molecule has 46 heavy (non-hydrogen) atoms. The van der Waals surface area contributed by atoms with Crippen molar-refractivity contribution in [3.63, 3.8) is 0 Å². The summed E-state index contributed by atoms with van der Waals surface area (Å²) >= 11 is 2.08. The van der Waals surface area contributed by atoms with Crippen LogP contribution in [0.1, 0.15) is 49.7 Å². The lowest BCUT2D eigenvalue weighted by molar-refractivity contribution is -0.139. The quantitative estimate of drug-likeness (QED) is 0.201. The third kappa shape index (κ3) is 8.84. The van der Waals surface area contributed by atoms with E-state index in [9.17, 15) is 24.9 Å².